The summed E-state index contributed by atoms with van der Waals surface area (Å²) < 4.78 is 85.0. The molecular weight excluding hydrogens is 1590 g/mol. The Morgan fingerprint density at radius 3 is 0.924 bits per heavy atom. The zero-order valence-electron chi connectivity index (χ0n) is 90.5. The van der Waals surface area contributed by atoms with Crippen LogP contribution in [0.3, 0.4) is 0 Å². The molecule has 20 rings (SSSR count). The summed E-state index contributed by atoms with van der Waals surface area (Å²) in [6.45, 7) is 61.8. The van der Waals surface area contributed by atoms with Crippen LogP contribution in [0.15, 0.2) is 297 Å². The number of anilines is 6. The largest absolute Gasteiger partial charge is 0.310 e. The van der Waals surface area contributed by atoms with E-state index >= 15 is 0 Å². The minimum atomic E-state index is -0.622. The van der Waals surface area contributed by atoms with Crippen molar-refractivity contribution in [2.45, 2.75) is 236 Å². The van der Waals surface area contributed by atoms with Gasteiger partial charge in [-0.25, -0.2) is 0 Å². The van der Waals surface area contributed by atoms with Crippen LogP contribution in [0.4, 0.5) is 34.1 Å². The Balaban J connectivity index is 1.06. The van der Waals surface area contributed by atoms with Gasteiger partial charge in [-0.05, 0) is 247 Å². The van der Waals surface area contributed by atoms with Gasteiger partial charge >= 0.3 is 0 Å². The fourth-order valence-electron chi connectivity index (χ4n) is 21.0. The smallest absolute Gasteiger partial charge is 0.252 e. The number of benzene rings is 15. The number of nitrogens with zero attached hydrogens (tertiary/aromatic N) is 5. The topological polar surface area (TPSA) is 21.3 Å². The lowest BCUT2D eigenvalue weighted by molar-refractivity contribution is 0.572. The monoisotopic (exact) mass is 1730 g/mol. The Bertz CT molecular complexity index is 7990. The van der Waals surface area contributed by atoms with Crippen LogP contribution in [0, 0.1) is 0 Å². The normalized spacial score (nSPS) is 14.5. The molecule has 0 saturated carbocycles. The van der Waals surface area contributed by atoms with E-state index in [0.717, 1.165) is 139 Å². The molecule has 2 aliphatic heterocycles. The van der Waals surface area contributed by atoms with Crippen molar-refractivity contribution in [3.8, 4) is 61.6 Å². The Hall–Kier alpha value is -12.6. The minimum absolute atomic E-state index is 0.00178. The van der Waals surface area contributed by atoms with Gasteiger partial charge < -0.3 is 23.5 Å². The molecule has 0 unspecified atom stereocenters. The van der Waals surface area contributed by atoms with E-state index in [4.69, 9.17) is 0 Å². The highest BCUT2D eigenvalue weighted by Gasteiger charge is 2.47. The number of aromatic nitrogens is 3. The minimum Gasteiger partial charge on any atom is -0.310 e. The first kappa shape index (κ1) is 78.1. The van der Waals surface area contributed by atoms with Crippen LogP contribution in [0.5, 0.6) is 0 Å². The maximum Gasteiger partial charge on any atom is 0.252 e. The summed E-state index contributed by atoms with van der Waals surface area (Å²) in [5.74, 6) is 0. The average molecular weight is 1730 g/mol. The van der Waals surface area contributed by atoms with E-state index in [0.29, 0.717) is 5.69 Å². The molecule has 0 amide bonds. The summed E-state index contributed by atoms with van der Waals surface area (Å²) in [6.07, 6.45) is 0. The number of hydrogen-bond donors (Lipinski definition) is 0. The summed E-state index contributed by atoms with van der Waals surface area (Å²) in [6, 6.07) is 92.0. The summed E-state index contributed by atoms with van der Waals surface area (Å²) >= 11 is 0. The highest BCUT2D eigenvalue weighted by atomic mass is 15.2. The highest BCUT2D eigenvalue weighted by Crippen LogP contribution is 2.58. The van der Waals surface area contributed by atoms with Crippen LogP contribution < -0.4 is 26.2 Å². The lowest BCUT2D eigenvalue weighted by atomic mass is 9.33. The molecule has 0 aliphatic carbocycles. The number of fused-ring (bicyclic) bond motifs is 13. The molecule has 6 heteroatoms. The van der Waals surface area contributed by atoms with Crippen LogP contribution in [-0.2, 0) is 48.7 Å². The molecule has 5 heterocycles. The van der Waals surface area contributed by atoms with Crippen molar-refractivity contribution in [2.75, 3.05) is 9.80 Å². The molecule has 3 aromatic heterocycles. The first-order valence-electron chi connectivity index (χ1n) is 51.5. The maximum absolute atomic E-state index is 10.2. The van der Waals surface area contributed by atoms with Gasteiger partial charge in [0.1, 0.15) is 0 Å². The van der Waals surface area contributed by atoms with E-state index < -0.39 is 48.4 Å². The summed E-state index contributed by atoms with van der Waals surface area (Å²) in [5.41, 5.74) is 31.7. The van der Waals surface area contributed by atoms with Crippen LogP contribution in [0.1, 0.15) is 248 Å². The van der Waals surface area contributed by atoms with Crippen molar-refractivity contribution in [2.24, 2.45) is 0 Å². The van der Waals surface area contributed by atoms with Gasteiger partial charge in [-0.15, -0.1) is 0 Å². The predicted molar refractivity (Wildman–Crippen MR) is 574 cm³/mol. The van der Waals surface area contributed by atoms with Gasteiger partial charge in [0.2, 0.25) is 0 Å². The molecule has 0 N–H and O–H groups in total. The van der Waals surface area contributed by atoms with Gasteiger partial charge in [0.15, 0.2) is 0 Å². The lowest BCUT2D eigenvalue weighted by Crippen LogP contribution is -2.61. The Kier molecular flexibility index (Phi) is 18.0. The molecule has 5 nitrogen and oxygen atoms in total. The molecule has 0 saturated heterocycles. The maximum atomic E-state index is 10.2. The van der Waals surface area contributed by atoms with Gasteiger partial charge in [0.25, 0.3) is 6.71 Å². The van der Waals surface area contributed by atoms with Crippen molar-refractivity contribution in [3.63, 3.8) is 0 Å². The predicted octanol–water partition coefficient (Wildman–Crippen LogP) is 33.4. The Labute approximate surface area is 796 Å². The highest BCUT2D eigenvalue weighted by molar-refractivity contribution is 7.00. The van der Waals surface area contributed by atoms with E-state index in [1.807, 2.05) is 6.07 Å². The van der Waals surface area contributed by atoms with E-state index in [2.05, 4.69) is 449 Å². The molecule has 2 aliphatic rings. The lowest BCUT2D eigenvalue weighted by Gasteiger charge is -2.46. The molecule has 0 fully saturated rings. The van der Waals surface area contributed by atoms with E-state index in [1.54, 1.807) is 4.57 Å². The van der Waals surface area contributed by atoms with E-state index in [1.165, 1.54) is 60.8 Å². The number of rotatable bonds is 9. The second-order valence-electron chi connectivity index (χ2n) is 47.0. The molecule has 132 heavy (non-hydrogen) atoms. The number of para-hydroxylation sites is 3. The van der Waals surface area contributed by atoms with Crippen molar-refractivity contribution in [1.29, 1.82) is 0 Å². The first-order chi connectivity index (χ1) is 65.5. The van der Waals surface area contributed by atoms with Crippen LogP contribution in [-0.4, -0.2) is 20.4 Å². The van der Waals surface area contributed by atoms with Gasteiger partial charge in [0.05, 0.1) is 61.1 Å². The van der Waals surface area contributed by atoms with Crippen LogP contribution in [0.25, 0.3) is 127 Å². The van der Waals surface area contributed by atoms with Gasteiger partial charge in [0, 0.05) is 88.7 Å². The van der Waals surface area contributed by atoms with Crippen LogP contribution in [0.2, 0.25) is 0 Å². The number of hydrogen-bond acceptors (Lipinski definition) is 2. The second kappa shape index (κ2) is 30.5. The zero-order valence-corrected chi connectivity index (χ0v) is 82.5. The van der Waals surface area contributed by atoms with Gasteiger partial charge in [-0.1, -0.05) is 375 Å². The Morgan fingerprint density at radius 1 is 0.227 bits per heavy atom. The van der Waals surface area contributed by atoms with Gasteiger partial charge in [-0.3, -0.25) is 0 Å². The molecule has 0 bridgehead atoms. The third-order valence-electron chi connectivity index (χ3n) is 28.4. The molecule has 0 spiro atoms. The fraction of sp³-hybridized carbons (Fsp3) is 0.286. The second-order valence-corrected chi connectivity index (χ2v) is 47.0. The summed E-state index contributed by atoms with van der Waals surface area (Å²) in [7, 11) is 0. The average Bonchev–Trinajstić information content (AvgIpc) is 0.902. The quantitative estimate of drug-likeness (QED) is 0.134. The van der Waals surface area contributed by atoms with Crippen LogP contribution >= 0.6 is 0 Å². The van der Waals surface area contributed by atoms with E-state index in [-0.39, 0.29) is 77.2 Å². The fourth-order valence-corrected chi connectivity index (χ4v) is 21.0. The molecule has 662 valence electrons. The zero-order chi connectivity index (χ0) is 100. The van der Waals surface area contributed by atoms with Crippen molar-refractivity contribution < 1.29 is 11.0 Å². The van der Waals surface area contributed by atoms with Gasteiger partial charge in [-0.2, -0.15) is 0 Å². The molecule has 0 radical (unpaired) electrons. The third kappa shape index (κ3) is 14.6. The van der Waals surface area contributed by atoms with Crippen molar-refractivity contribution in [1.82, 2.24) is 13.7 Å². The summed E-state index contributed by atoms with van der Waals surface area (Å²) in [5, 5.41) is 4.60. The first-order valence-corrected chi connectivity index (χ1v) is 47.5. The van der Waals surface area contributed by atoms with Crippen molar-refractivity contribution in [3.05, 3.63) is 347 Å². The standard InChI is InChI=1S/C126H130BN5/c1-118(2,3)80-51-47-78(48-52-80)90-41-35-42-93(114-100(125(22,23)24)43-36-44-101(114)126(25,26)27)116(90)131-110-74-88(129-106-63-55-82(120(7,8)9)67-96(106)97-68-83(121(10,11)12)56-64-107(97)129)60-62-102(110)127-103-61-59-87(128-104-45-33-31-39-91(104)92-40-32-34-46-105(92)128)73-111(103)132(117-94(77-37-29-28-30-38-77)71-86(124(19,20)21)72-95(117)79-49-53-81(54-50-79)119(4,5)6)113-76-89(75-112(131)115(113)127)130-108-65-57-84(122(13,14)15)69-98(108)99-70-85(123(16,17)18)58-66-109(99)130/h28-76H,1-27H3/i31D,32D,33D,34D,39D,40D,45D,46D. The molecule has 0 atom stereocenters. The van der Waals surface area contributed by atoms with Crippen molar-refractivity contribution >= 4 is 123 Å². The molecule has 18 aromatic rings. The molecular formula is C126H130BN5. The molecule has 15 aromatic carbocycles. The SMILES string of the molecule is [2H]c1c([2H])c([2H])c2c(c1[2H])c1c([2H])c([2H])c([2H])c([2H])c1n2-c1ccc2c(c1)N(c1c(-c3ccccc3)cc(C(C)(C)C)cc1-c1ccc(C(C)(C)C)cc1)c1cc(-n3c4ccc(C(C)(C)C)cc4c4cc(C(C)(C)C)ccc43)cc3c1B2c1ccc(-n2c4ccc(C(C)(C)C)cc4c4cc(C(C)(C)C)ccc42)cc1N3c1c(-c2ccc(C(C)(C)C)cc2)cccc1-c1c(C(C)(C)C)cccc1C(C)(C)C. The van der Waals surface area contributed by atoms with E-state index in [9.17, 15) is 11.0 Å². The third-order valence-corrected chi connectivity index (χ3v) is 28.4. The Morgan fingerprint density at radius 2 is 0.545 bits per heavy atom. The summed E-state index contributed by atoms with van der Waals surface area (Å²) in [4.78, 5) is 5.25.